The van der Waals surface area contributed by atoms with Crippen LogP contribution in [0.4, 0.5) is 0 Å². The fraction of sp³-hybridized carbons (Fsp3) is 0.765. The average Bonchev–Trinajstić information content (AvgIpc) is 3.07. The molecule has 5 atom stereocenters. The van der Waals surface area contributed by atoms with Crippen LogP contribution < -0.4 is 0 Å². The van der Waals surface area contributed by atoms with Crippen LogP contribution in [0.5, 0.6) is 0 Å². The second-order valence-corrected chi connectivity index (χ2v) is 5.89. The van der Waals surface area contributed by atoms with Crippen LogP contribution in [0.2, 0.25) is 0 Å². The molecule has 0 aromatic heterocycles. The highest BCUT2D eigenvalue weighted by atomic mass is 16.7. The monoisotopic (exact) mass is 310 g/mol. The van der Waals surface area contributed by atoms with Crippen molar-refractivity contribution >= 4 is 0 Å². The lowest BCUT2D eigenvalue weighted by molar-refractivity contribution is -0.0692. The Kier molecular flexibility index (Phi) is 6.87. The van der Waals surface area contributed by atoms with E-state index in [4.69, 9.17) is 9.47 Å². The standard InChI is InChI=1S/C17H26O5/c1-2-3-4-5-12(18)6-7-13-14(16(20)11-15(13)19)10-17-21-8-9-22-17/h3-4,12-20H,2,5,8-11H2,1H3/b4-3+/t12?,13-,14-,15-,16+/m1/s1. The molecule has 3 N–H and O–H groups in total. The number of hydrogen-bond donors (Lipinski definition) is 3. The molecule has 22 heavy (non-hydrogen) atoms. The summed E-state index contributed by atoms with van der Waals surface area (Å²) in [5, 5.41) is 30.0. The lowest BCUT2D eigenvalue weighted by atomic mass is 9.90. The van der Waals surface area contributed by atoms with E-state index >= 15 is 0 Å². The minimum atomic E-state index is -0.743. The van der Waals surface area contributed by atoms with Gasteiger partial charge >= 0.3 is 0 Å². The minimum absolute atomic E-state index is 0.191. The van der Waals surface area contributed by atoms with E-state index in [-0.39, 0.29) is 18.1 Å². The maximum absolute atomic E-state index is 10.1. The van der Waals surface area contributed by atoms with Crippen LogP contribution in [0.25, 0.3) is 0 Å². The summed E-state index contributed by atoms with van der Waals surface area (Å²) in [4.78, 5) is 0. The lowest BCUT2D eigenvalue weighted by Gasteiger charge is -2.21. The summed E-state index contributed by atoms with van der Waals surface area (Å²) >= 11 is 0. The molecule has 2 rings (SSSR count). The second-order valence-electron chi connectivity index (χ2n) is 5.89. The molecular formula is C17H26O5. The molecule has 5 heteroatoms. The number of rotatable bonds is 5. The molecule has 0 aromatic rings. The van der Waals surface area contributed by atoms with Gasteiger partial charge in [0.05, 0.1) is 31.3 Å². The Hall–Kier alpha value is -0.900. The summed E-state index contributed by atoms with van der Waals surface area (Å²) in [5.74, 6) is 5.20. The normalized spacial score (nSPS) is 34.0. The Morgan fingerprint density at radius 3 is 2.59 bits per heavy atom. The zero-order chi connectivity index (χ0) is 15.9. The Balaban J connectivity index is 1.95. The van der Waals surface area contributed by atoms with E-state index in [1.54, 1.807) is 0 Å². The van der Waals surface area contributed by atoms with Crippen molar-refractivity contribution in [3.05, 3.63) is 12.2 Å². The van der Waals surface area contributed by atoms with Gasteiger partial charge in [-0.3, -0.25) is 0 Å². The van der Waals surface area contributed by atoms with Gasteiger partial charge in [0.25, 0.3) is 0 Å². The van der Waals surface area contributed by atoms with Crippen molar-refractivity contribution in [3.8, 4) is 11.8 Å². The predicted octanol–water partition coefficient (Wildman–Crippen LogP) is 0.828. The predicted molar refractivity (Wildman–Crippen MR) is 81.8 cm³/mol. The van der Waals surface area contributed by atoms with Gasteiger partial charge in [0, 0.05) is 25.2 Å². The van der Waals surface area contributed by atoms with Crippen LogP contribution in [0, 0.1) is 23.7 Å². The maximum Gasteiger partial charge on any atom is 0.158 e. The van der Waals surface area contributed by atoms with Crippen LogP contribution in [0.3, 0.4) is 0 Å². The molecule has 1 heterocycles. The Labute approximate surface area is 131 Å². The van der Waals surface area contributed by atoms with E-state index in [9.17, 15) is 15.3 Å². The summed E-state index contributed by atoms with van der Waals surface area (Å²) < 4.78 is 10.8. The Bertz CT molecular complexity index is 419. The maximum atomic E-state index is 10.1. The highest BCUT2D eigenvalue weighted by Gasteiger charge is 2.42. The fourth-order valence-corrected chi connectivity index (χ4v) is 3.01. The molecule has 5 nitrogen and oxygen atoms in total. The molecule has 0 amide bonds. The van der Waals surface area contributed by atoms with Crippen LogP contribution in [0.15, 0.2) is 12.2 Å². The van der Waals surface area contributed by atoms with Gasteiger partial charge in [0.2, 0.25) is 0 Å². The van der Waals surface area contributed by atoms with E-state index in [2.05, 4.69) is 11.8 Å². The van der Waals surface area contributed by atoms with Crippen molar-refractivity contribution < 1.29 is 24.8 Å². The summed E-state index contributed by atoms with van der Waals surface area (Å²) in [6.07, 6.45) is 3.76. The minimum Gasteiger partial charge on any atom is -0.393 e. The molecule has 124 valence electrons. The van der Waals surface area contributed by atoms with Crippen molar-refractivity contribution in [2.45, 2.75) is 57.2 Å². The van der Waals surface area contributed by atoms with E-state index in [0.29, 0.717) is 32.5 Å². The van der Waals surface area contributed by atoms with Crippen LogP contribution >= 0.6 is 0 Å². The zero-order valence-electron chi connectivity index (χ0n) is 13.0. The van der Waals surface area contributed by atoms with Gasteiger partial charge in [-0.15, -0.1) is 0 Å². The van der Waals surface area contributed by atoms with Crippen molar-refractivity contribution in [3.63, 3.8) is 0 Å². The second kappa shape index (κ2) is 8.66. The van der Waals surface area contributed by atoms with E-state index in [1.807, 2.05) is 19.1 Å². The SMILES string of the molecule is CC/C=C/CC(O)C#C[C@@H]1[C@@H](CC2OCCO2)[C@@H](O)C[C@H]1O. The van der Waals surface area contributed by atoms with Gasteiger partial charge in [0.1, 0.15) is 6.10 Å². The van der Waals surface area contributed by atoms with Gasteiger partial charge < -0.3 is 24.8 Å². The number of aliphatic hydroxyl groups excluding tert-OH is 3. The molecule has 1 saturated heterocycles. The molecule has 1 aliphatic carbocycles. The smallest absolute Gasteiger partial charge is 0.158 e. The van der Waals surface area contributed by atoms with Crippen molar-refractivity contribution in [1.82, 2.24) is 0 Å². The van der Waals surface area contributed by atoms with Gasteiger partial charge in [-0.25, -0.2) is 0 Å². The Morgan fingerprint density at radius 2 is 1.91 bits per heavy atom. The largest absolute Gasteiger partial charge is 0.393 e. The van der Waals surface area contributed by atoms with Crippen molar-refractivity contribution in [2.24, 2.45) is 11.8 Å². The molecule has 1 unspecified atom stereocenters. The molecule has 0 radical (unpaired) electrons. The fourth-order valence-electron chi connectivity index (χ4n) is 3.01. The average molecular weight is 310 g/mol. The van der Waals surface area contributed by atoms with E-state index in [0.717, 1.165) is 6.42 Å². The summed E-state index contributed by atoms with van der Waals surface area (Å²) in [6.45, 7) is 3.16. The molecular weight excluding hydrogens is 284 g/mol. The summed E-state index contributed by atoms with van der Waals surface area (Å²) in [6, 6.07) is 0. The summed E-state index contributed by atoms with van der Waals surface area (Å²) in [5.41, 5.74) is 0. The third-order valence-electron chi connectivity index (χ3n) is 4.19. The van der Waals surface area contributed by atoms with Gasteiger partial charge in [-0.1, -0.05) is 30.9 Å². The van der Waals surface area contributed by atoms with Crippen molar-refractivity contribution in [2.75, 3.05) is 13.2 Å². The molecule has 1 aliphatic heterocycles. The molecule has 0 spiro atoms. The van der Waals surface area contributed by atoms with Gasteiger partial charge in [0.15, 0.2) is 6.29 Å². The Morgan fingerprint density at radius 1 is 1.18 bits per heavy atom. The number of allylic oxidation sites excluding steroid dienone is 1. The first-order valence-corrected chi connectivity index (χ1v) is 8.05. The van der Waals surface area contributed by atoms with Gasteiger partial charge in [-0.05, 0) is 6.42 Å². The number of ether oxygens (including phenoxy) is 2. The van der Waals surface area contributed by atoms with Crippen LogP contribution in [-0.4, -0.2) is 53.1 Å². The van der Waals surface area contributed by atoms with E-state index in [1.165, 1.54) is 0 Å². The summed E-state index contributed by atoms with van der Waals surface area (Å²) in [7, 11) is 0. The topological polar surface area (TPSA) is 79.2 Å². The first kappa shape index (κ1) is 17.5. The lowest BCUT2D eigenvalue weighted by Crippen LogP contribution is -2.26. The highest BCUT2D eigenvalue weighted by Crippen LogP contribution is 2.36. The third-order valence-corrected chi connectivity index (χ3v) is 4.19. The van der Waals surface area contributed by atoms with Crippen LogP contribution in [0.1, 0.15) is 32.6 Å². The van der Waals surface area contributed by atoms with Gasteiger partial charge in [-0.2, -0.15) is 0 Å². The molecule has 1 saturated carbocycles. The molecule has 2 fully saturated rings. The third kappa shape index (κ3) is 4.80. The molecule has 0 bridgehead atoms. The van der Waals surface area contributed by atoms with E-state index < -0.39 is 18.3 Å². The molecule has 0 aromatic carbocycles. The van der Waals surface area contributed by atoms with Crippen LogP contribution in [-0.2, 0) is 9.47 Å². The number of aliphatic hydroxyl groups is 3. The van der Waals surface area contributed by atoms with Crippen molar-refractivity contribution in [1.29, 1.82) is 0 Å². The quantitative estimate of drug-likeness (QED) is 0.518. The zero-order valence-corrected chi connectivity index (χ0v) is 13.0. The highest BCUT2D eigenvalue weighted by molar-refractivity contribution is 5.15. The first-order chi connectivity index (χ1) is 10.6. The first-order valence-electron chi connectivity index (χ1n) is 8.05. The molecule has 2 aliphatic rings. The number of hydrogen-bond acceptors (Lipinski definition) is 5.